The van der Waals surface area contributed by atoms with E-state index in [0.29, 0.717) is 29.4 Å². The Kier molecular flexibility index (Phi) is 6.27. The lowest BCUT2D eigenvalue weighted by Crippen LogP contribution is -2.37. The Morgan fingerprint density at radius 3 is 2.79 bits per heavy atom. The number of nitrogens with one attached hydrogen (secondary N) is 4. The van der Waals surface area contributed by atoms with Gasteiger partial charge in [-0.1, -0.05) is 11.6 Å². The van der Waals surface area contributed by atoms with Gasteiger partial charge in [-0.3, -0.25) is 19.4 Å². The number of H-pyrrole nitrogens is 1. The lowest BCUT2D eigenvalue weighted by molar-refractivity contribution is -0.125. The number of hydrogen-bond acceptors (Lipinski definition) is 6. The second-order valence-electron chi connectivity index (χ2n) is 6.31. The van der Waals surface area contributed by atoms with Crippen molar-refractivity contribution in [1.82, 2.24) is 9.97 Å². The fourth-order valence-corrected chi connectivity index (χ4v) is 2.96. The molecule has 1 aliphatic heterocycles. The summed E-state index contributed by atoms with van der Waals surface area (Å²) in [5.41, 5.74) is 0.575. The van der Waals surface area contributed by atoms with Crippen LogP contribution in [0.3, 0.4) is 0 Å². The number of aromatic nitrogens is 2. The summed E-state index contributed by atoms with van der Waals surface area (Å²) in [4.78, 5) is 43.8. The summed E-state index contributed by atoms with van der Waals surface area (Å²) < 4.78 is 4.93. The number of hydrogen-bond donors (Lipinski definition) is 4. The molecule has 0 fully saturated rings. The number of carbonyl (C=O) groups is 2. The number of rotatable bonds is 7. The number of benzene rings is 1. The molecule has 9 nitrogen and oxygen atoms in total. The van der Waals surface area contributed by atoms with Crippen LogP contribution in [0.1, 0.15) is 12.0 Å². The van der Waals surface area contributed by atoms with Crippen molar-refractivity contribution in [2.24, 2.45) is 5.92 Å². The van der Waals surface area contributed by atoms with Crippen molar-refractivity contribution < 1.29 is 14.3 Å². The summed E-state index contributed by atoms with van der Waals surface area (Å²) in [5.74, 6) is -0.870. The average Bonchev–Trinajstić information content (AvgIpc) is 2.65. The van der Waals surface area contributed by atoms with Crippen LogP contribution in [0.5, 0.6) is 0 Å². The maximum Gasteiger partial charge on any atom is 0.257 e. The van der Waals surface area contributed by atoms with E-state index < -0.39 is 5.92 Å². The number of nitrogens with zero attached hydrogens (tertiary/aromatic N) is 1. The minimum Gasteiger partial charge on any atom is -0.383 e. The fraction of sp³-hybridized carbons (Fsp3) is 0.333. The molecule has 0 saturated heterocycles. The first-order valence-electron chi connectivity index (χ1n) is 8.68. The molecule has 0 spiro atoms. The van der Waals surface area contributed by atoms with Crippen LogP contribution in [0.2, 0.25) is 5.02 Å². The first-order chi connectivity index (χ1) is 13.5. The maximum atomic E-state index is 12.4. The zero-order chi connectivity index (χ0) is 20.1. The molecule has 2 aromatic rings. The molecule has 1 atom stereocenters. The van der Waals surface area contributed by atoms with Crippen molar-refractivity contribution in [3.8, 4) is 0 Å². The van der Waals surface area contributed by atoms with Gasteiger partial charge in [0.05, 0.1) is 18.1 Å². The molecule has 28 heavy (non-hydrogen) atoms. The van der Waals surface area contributed by atoms with Crippen LogP contribution in [0.25, 0.3) is 0 Å². The maximum absolute atomic E-state index is 12.4. The molecule has 2 amide bonds. The number of methoxy groups -OCH3 is 1. The van der Waals surface area contributed by atoms with Crippen LogP contribution in [0.4, 0.5) is 17.5 Å². The van der Waals surface area contributed by atoms with E-state index in [0.717, 1.165) is 0 Å². The third-order valence-electron chi connectivity index (χ3n) is 4.24. The van der Waals surface area contributed by atoms with Crippen molar-refractivity contribution in [3.05, 3.63) is 45.2 Å². The van der Waals surface area contributed by atoms with Crippen LogP contribution in [0, 0.1) is 5.92 Å². The Labute approximate surface area is 165 Å². The van der Waals surface area contributed by atoms with Crippen molar-refractivity contribution in [3.63, 3.8) is 0 Å². The van der Waals surface area contributed by atoms with Crippen molar-refractivity contribution >= 4 is 40.9 Å². The van der Waals surface area contributed by atoms with Gasteiger partial charge in [0.2, 0.25) is 17.8 Å². The number of anilines is 3. The van der Waals surface area contributed by atoms with Gasteiger partial charge >= 0.3 is 0 Å². The normalized spacial score (nSPS) is 15.5. The third-order valence-corrected chi connectivity index (χ3v) is 4.49. The minimum atomic E-state index is -0.657. The van der Waals surface area contributed by atoms with E-state index in [-0.39, 0.29) is 42.0 Å². The first-order valence-corrected chi connectivity index (χ1v) is 9.06. The molecule has 0 aliphatic carbocycles. The van der Waals surface area contributed by atoms with Gasteiger partial charge in [-0.25, -0.2) is 0 Å². The summed E-state index contributed by atoms with van der Waals surface area (Å²) in [6.45, 7) is 0.900. The molecular formula is C18H20ClN5O4. The topological polar surface area (TPSA) is 125 Å². The molecule has 10 heteroatoms. The molecule has 0 radical (unpaired) electrons. The monoisotopic (exact) mass is 405 g/mol. The summed E-state index contributed by atoms with van der Waals surface area (Å²) in [6, 6.07) is 6.65. The number of ether oxygens (including phenoxy) is 1. The molecule has 0 bridgehead atoms. The van der Waals surface area contributed by atoms with E-state index in [1.807, 2.05) is 0 Å². The fourth-order valence-electron chi connectivity index (χ4n) is 2.84. The minimum absolute atomic E-state index is 0.0544. The predicted octanol–water partition coefficient (Wildman–Crippen LogP) is 1.62. The number of carbonyl (C=O) groups excluding carboxylic acids is 2. The number of fused-ring (bicyclic) bond motifs is 1. The van der Waals surface area contributed by atoms with Crippen LogP contribution >= 0.6 is 11.6 Å². The summed E-state index contributed by atoms with van der Waals surface area (Å²) in [5, 5.41) is 8.80. The van der Waals surface area contributed by atoms with Gasteiger partial charge in [-0.05, 0) is 30.7 Å². The molecule has 0 saturated carbocycles. The Hall–Kier alpha value is -2.91. The highest BCUT2D eigenvalue weighted by Crippen LogP contribution is 2.24. The Bertz CT molecular complexity index is 929. The van der Waals surface area contributed by atoms with E-state index in [9.17, 15) is 14.4 Å². The van der Waals surface area contributed by atoms with Gasteiger partial charge in [-0.15, -0.1) is 0 Å². The Morgan fingerprint density at radius 2 is 2.07 bits per heavy atom. The van der Waals surface area contributed by atoms with Crippen LogP contribution in [-0.4, -0.2) is 42.0 Å². The van der Waals surface area contributed by atoms with Gasteiger partial charge in [-0.2, -0.15) is 4.98 Å². The molecular weight excluding hydrogens is 386 g/mol. The molecule has 1 aromatic carbocycles. The second-order valence-corrected chi connectivity index (χ2v) is 6.75. The Morgan fingerprint density at radius 1 is 1.32 bits per heavy atom. The predicted molar refractivity (Wildman–Crippen MR) is 106 cm³/mol. The van der Waals surface area contributed by atoms with Crippen LogP contribution in [-0.2, 0) is 20.7 Å². The van der Waals surface area contributed by atoms with E-state index in [2.05, 4.69) is 25.9 Å². The summed E-state index contributed by atoms with van der Waals surface area (Å²) in [7, 11) is 1.56. The highest BCUT2D eigenvalue weighted by molar-refractivity contribution is 6.30. The molecule has 148 valence electrons. The highest BCUT2D eigenvalue weighted by Gasteiger charge is 2.31. The van der Waals surface area contributed by atoms with Gasteiger partial charge in [0.15, 0.2) is 0 Å². The summed E-state index contributed by atoms with van der Waals surface area (Å²) in [6.07, 6.45) is 0.0804. The molecule has 1 aliphatic rings. The standard InChI is InChI=1S/C18H20ClN5O4/c1-28-7-6-20-18-23-15-13(17(27)24-18)8-10(16(26)22-15)9-14(25)21-12-4-2-11(19)3-5-12/h2-5,10H,6-9H2,1H3,(H,21,25)(H3,20,22,23,24,26,27)/t10-/m1/s1. The van der Waals surface area contributed by atoms with E-state index >= 15 is 0 Å². The lowest BCUT2D eigenvalue weighted by Gasteiger charge is -2.23. The Balaban J connectivity index is 1.66. The highest BCUT2D eigenvalue weighted by atomic mass is 35.5. The number of aromatic amines is 1. The first kappa shape index (κ1) is 19.8. The SMILES string of the molecule is COCCNc1nc2c(c(=O)[nH]1)C[C@H](CC(=O)Nc1ccc(Cl)cc1)C(=O)N2. The van der Waals surface area contributed by atoms with Crippen molar-refractivity contribution in [2.45, 2.75) is 12.8 Å². The van der Waals surface area contributed by atoms with Gasteiger partial charge < -0.3 is 20.7 Å². The quantitative estimate of drug-likeness (QED) is 0.519. The van der Waals surface area contributed by atoms with Crippen LogP contribution < -0.4 is 21.5 Å². The molecule has 3 rings (SSSR count). The van der Waals surface area contributed by atoms with Crippen molar-refractivity contribution in [2.75, 3.05) is 36.2 Å². The lowest BCUT2D eigenvalue weighted by atomic mass is 9.92. The van der Waals surface area contributed by atoms with Crippen LogP contribution in [0.15, 0.2) is 29.1 Å². The molecule has 4 N–H and O–H groups in total. The zero-order valence-corrected chi connectivity index (χ0v) is 15.9. The smallest absolute Gasteiger partial charge is 0.257 e. The van der Waals surface area contributed by atoms with Crippen molar-refractivity contribution in [1.29, 1.82) is 0 Å². The average molecular weight is 406 g/mol. The van der Waals surface area contributed by atoms with Gasteiger partial charge in [0, 0.05) is 30.8 Å². The second kappa shape index (κ2) is 8.85. The third kappa shape index (κ3) is 4.87. The number of amides is 2. The largest absolute Gasteiger partial charge is 0.383 e. The van der Waals surface area contributed by atoms with E-state index in [1.54, 1.807) is 31.4 Å². The van der Waals surface area contributed by atoms with Gasteiger partial charge in [0.1, 0.15) is 5.82 Å². The molecule has 0 unspecified atom stereocenters. The summed E-state index contributed by atoms with van der Waals surface area (Å²) >= 11 is 5.82. The molecule has 2 heterocycles. The number of halogens is 1. The van der Waals surface area contributed by atoms with E-state index in [1.165, 1.54) is 0 Å². The van der Waals surface area contributed by atoms with E-state index in [4.69, 9.17) is 16.3 Å². The van der Waals surface area contributed by atoms with Gasteiger partial charge in [0.25, 0.3) is 5.56 Å². The zero-order valence-electron chi connectivity index (χ0n) is 15.2. The molecule has 1 aromatic heterocycles.